The molecule has 160 valence electrons. The van der Waals surface area contributed by atoms with Crippen LogP contribution in [-0.2, 0) is 24.0 Å². The van der Waals surface area contributed by atoms with Gasteiger partial charge in [0.15, 0.2) is 0 Å². The van der Waals surface area contributed by atoms with Gasteiger partial charge in [-0.3, -0.25) is 33.8 Å². The maximum Gasteiger partial charge on any atom is 1.00 e. The second-order valence-electron chi connectivity index (χ2n) is 6.37. The van der Waals surface area contributed by atoms with E-state index in [-0.39, 0.29) is 67.8 Å². The van der Waals surface area contributed by atoms with Crippen LogP contribution in [0, 0.1) is 0 Å². The fourth-order valence-corrected chi connectivity index (χ4v) is 3.11. The van der Waals surface area contributed by atoms with Crippen molar-refractivity contribution in [2.45, 2.75) is 44.7 Å². The number of aliphatic carboxylic acids is 5. The van der Waals surface area contributed by atoms with Crippen LogP contribution in [0.1, 0.15) is 32.6 Å². The van der Waals surface area contributed by atoms with Crippen molar-refractivity contribution < 1.29 is 79.1 Å². The topological polar surface area (TPSA) is 193 Å². The molecule has 0 radical (unpaired) electrons. The molecule has 0 spiro atoms. The number of carbonyl (C=O) groups is 5. The fraction of sp³-hybridized carbons (Fsp3) is 0.688. The Morgan fingerprint density at radius 1 is 0.621 bits per heavy atom. The molecule has 0 atom stereocenters. The predicted molar refractivity (Wildman–Crippen MR) is 93.0 cm³/mol. The van der Waals surface area contributed by atoms with Crippen molar-refractivity contribution in [2.24, 2.45) is 0 Å². The summed E-state index contributed by atoms with van der Waals surface area (Å²) in [4.78, 5) is 55.3. The minimum absolute atomic E-state index is 0. The van der Waals surface area contributed by atoms with Crippen LogP contribution in [-0.4, -0.2) is 103 Å². The van der Waals surface area contributed by atoms with E-state index in [2.05, 4.69) is 0 Å². The average molecular weight is 429 g/mol. The molecule has 0 aliphatic heterocycles. The Hall–Kier alpha value is -1.73. The van der Waals surface area contributed by atoms with Gasteiger partial charge in [0.1, 0.15) is 0 Å². The van der Waals surface area contributed by atoms with Crippen LogP contribution in [0.3, 0.4) is 0 Å². The van der Waals surface area contributed by atoms with Gasteiger partial charge in [0.05, 0.1) is 26.2 Å². The summed E-state index contributed by atoms with van der Waals surface area (Å²) in [5, 5.41) is 43.0. The number of hydrogen-bond donors (Lipinski definition) is 5. The molecule has 0 bridgehead atoms. The van der Waals surface area contributed by atoms with E-state index in [0.29, 0.717) is 25.7 Å². The molecule has 0 unspecified atom stereocenters. The molecule has 1 saturated carbocycles. The van der Waals surface area contributed by atoms with Crippen molar-refractivity contribution in [1.82, 2.24) is 9.80 Å². The summed E-state index contributed by atoms with van der Waals surface area (Å²) < 4.78 is 0. The Balaban J connectivity index is 0. The number of carboxylic acid groups (broad SMARTS) is 5. The molecule has 0 aromatic rings. The number of rotatable bonds is 10. The third-order valence-corrected chi connectivity index (χ3v) is 4.05. The molecule has 13 heteroatoms. The van der Waals surface area contributed by atoms with Gasteiger partial charge in [-0.05, 0) is 25.7 Å². The van der Waals surface area contributed by atoms with Crippen LogP contribution >= 0.6 is 0 Å². The van der Waals surface area contributed by atoms with Crippen LogP contribution in [0.2, 0.25) is 0 Å². The average Bonchev–Trinajstić information content (AvgIpc) is 2.51. The number of hydrogen-bond acceptors (Lipinski definition) is 7. The first-order chi connectivity index (χ1) is 12.9. The van der Waals surface area contributed by atoms with Crippen LogP contribution in [0.15, 0.2) is 0 Å². The SMILES string of the molecule is CC(=O)O.O=C(O)CN(CC(=O)O)C1CCC(N(CC(=O)O)CC(=O)O)CC1.[Na+]. The first-order valence-corrected chi connectivity index (χ1v) is 8.47. The molecule has 1 aliphatic rings. The van der Waals surface area contributed by atoms with E-state index in [1.807, 2.05) is 0 Å². The van der Waals surface area contributed by atoms with Crippen LogP contribution < -0.4 is 29.6 Å². The minimum Gasteiger partial charge on any atom is -0.481 e. The second kappa shape index (κ2) is 15.2. The zero-order valence-corrected chi connectivity index (χ0v) is 18.5. The van der Waals surface area contributed by atoms with E-state index < -0.39 is 29.8 Å². The van der Waals surface area contributed by atoms with E-state index >= 15 is 0 Å². The molecule has 12 nitrogen and oxygen atoms in total. The van der Waals surface area contributed by atoms with Gasteiger partial charge in [0.25, 0.3) is 5.97 Å². The quantitative estimate of drug-likeness (QED) is 0.214. The van der Waals surface area contributed by atoms with Gasteiger partial charge in [0.2, 0.25) is 0 Å². The molecule has 0 saturated heterocycles. The van der Waals surface area contributed by atoms with Gasteiger partial charge in [-0.15, -0.1) is 0 Å². The third-order valence-electron chi connectivity index (χ3n) is 4.05. The zero-order chi connectivity index (χ0) is 21.9. The smallest absolute Gasteiger partial charge is 0.481 e. The largest absolute Gasteiger partial charge is 1.00 e. The van der Waals surface area contributed by atoms with Crippen LogP contribution in [0.25, 0.3) is 0 Å². The van der Waals surface area contributed by atoms with E-state index in [0.717, 1.165) is 6.92 Å². The van der Waals surface area contributed by atoms with E-state index in [9.17, 15) is 19.2 Å². The molecule has 0 heterocycles. The van der Waals surface area contributed by atoms with Crippen molar-refractivity contribution in [1.29, 1.82) is 0 Å². The first kappa shape index (κ1) is 29.5. The first-order valence-electron chi connectivity index (χ1n) is 8.47. The summed E-state index contributed by atoms with van der Waals surface area (Å²) in [6.45, 7) is -0.434. The molecular formula is C16H26N2NaO10+. The molecule has 1 fully saturated rings. The molecule has 0 aromatic carbocycles. The Kier molecular flexibility index (Phi) is 15.4. The van der Waals surface area contributed by atoms with Gasteiger partial charge in [-0.2, -0.15) is 0 Å². The standard InChI is InChI=1S/C14H22N2O8.C2H4O2.Na/c17-11(18)5-15(6-12(19)20)9-1-2-10(4-3-9)16(7-13(21)22)8-14(23)24;1-2(3)4;/h9-10H,1-8H2,(H,17,18)(H,19,20)(H,21,22)(H,23,24);1H3,(H,3,4);/q;;+1. The summed E-state index contributed by atoms with van der Waals surface area (Å²) in [6.07, 6.45) is 1.95. The van der Waals surface area contributed by atoms with E-state index in [1.165, 1.54) is 9.80 Å². The number of carboxylic acids is 5. The molecule has 1 aliphatic carbocycles. The van der Waals surface area contributed by atoms with E-state index in [1.54, 1.807) is 0 Å². The fourth-order valence-electron chi connectivity index (χ4n) is 3.11. The maximum absolute atomic E-state index is 10.9. The number of nitrogens with zero attached hydrogens (tertiary/aromatic N) is 2. The van der Waals surface area contributed by atoms with Crippen LogP contribution in [0.5, 0.6) is 0 Å². The van der Waals surface area contributed by atoms with Gasteiger partial charge in [-0.25, -0.2) is 0 Å². The molecule has 5 N–H and O–H groups in total. The molecule has 0 amide bonds. The predicted octanol–water partition coefficient (Wildman–Crippen LogP) is -3.67. The van der Waals surface area contributed by atoms with Gasteiger partial charge in [-0.1, -0.05) is 0 Å². The van der Waals surface area contributed by atoms with Gasteiger partial charge in [0, 0.05) is 19.0 Å². The van der Waals surface area contributed by atoms with Gasteiger partial charge < -0.3 is 25.5 Å². The summed E-state index contributed by atoms with van der Waals surface area (Å²) in [5.41, 5.74) is 0. The molecule has 1 rings (SSSR count). The van der Waals surface area contributed by atoms with Crippen molar-refractivity contribution in [2.75, 3.05) is 26.2 Å². The molecule has 0 aromatic heterocycles. The Labute approximate surface area is 189 Å². The van der Waals surface area contributed by atoms with Crippen molar-refractivity contribution in [3.8, 4) is 0 Å². The Morgan fingerprint density at radius 2 is 0.793 bits per heavy atom. The third kappa shape index (κ3) is 14.9. The van der Waals surface area contributed by atoms with Crippen molar-refractivity contribution in [3.05, 3.63) is 0 Å². The normalized spacial score (nSPS) is 18.2. The van der Waals surface area contributed by atoms with Crippen LogP contribution in [0.4, 0.5) is 0 Å². The van der Waals surface area contributed by atoms with Crippen molar-refractivity contribution in [3.63, 3.8) is 0 Å². The summed E-state index contributed by atoms with van der Waals surface area (Å²) >= 11 is 0. The summed E-state index contributed by atoms with van der Waals surface area (Å²) in [6, 6.07) is -0.463. The van der Waals surface area contributed by atoms with Crippen molar-refractivity contribution >= 4 is 29.8 Å². The van der Waals surface area contributed by atoms with E-state index in [4.69, 9.17) is 30.3 Å². The summed E-state index contributed by atoms with van der Waals surface area (Å²) in [5.74, 6) is -5.29. The van der Waals surface area contributed by atoms with Gasteiger partial charge >= 0.3 is 53.4 Å². The molecule has 29 heavy (non-hydrogen) atoms. The Morgan fingerprint density at radius 3 is 0.931 bits per heavy atom. The Bertz CT molecular complexity index is 498. The molecular weight excluding hydrogens is 403 g/mol. The second-order valence-corrected chi connectivity index (χ2v) is 6.37. The zero-order valence-electron chi connectivity index (χ0n) is 16.5. The summed E-state index contributed by atoms with van der Waals surface area (Å²) in [7, 11) is 0. The maximum atomic E-state index is 10.9. The monoisotopic (exact) mass is 429 g/mol. The minimum atomic E-state index is -1.11.